The summed E-state index contributed by atoms with van der Waals surface area (Å²) in [6, 6.07) is 0.778. The zero-order chi connectivity index (χ0) is 8.74. The first-order valence-corrected chi connectivity index (χ1v) is 5.92. The van der Waals surface area contributed by atoms with E-state index in [0.29, 0.717) is 5.88 Å². The molecule has 0 fully saturated rings. The molecule has 0 aromatic rings. The quantitative estimate of drug-likeness (QED) is 0.520. The van der Waals surface area contributed by atoms with Gasteiger partial charge in [0.25, 0.3) is 0 Å². The Morgan fingerprint density at radius 3 is 1.75 bits per heavy atom. The van der Waals surface area contributed by atoms with Gasteiger partial charge in [-0.05, 0) is 6.42 Å². The van der Waals surface area contributed by atoms with Crippen LogP contribution in [-0.2, 0) is 13.3 Å². The van der Waals surface area contributed by atoms with Gasteiger partial charge in [-0.3, -0.25) is 0 Å². The largest absolute Gasteiger partial charge is 0.500 e. The van der Waals surface area contributed by atoms with E-state index >= 15 is 0 Å². The highest BCUT2D eigenvalue weighted by atomic mass is 35.5. The van der Waals surface area contributed by atoms with Crippen molar-refractivity contribution in [3.8, 4) is 0 Å². The number of halogens is 2. The van der Waals surface area contributed by atoms with Gasteiger partial charge in [0.15, 0.2) is 0 Å². The molecule has 76 valence electrons. The summed E-state index contributed by atoms with van der Waals surface area (Å²) >= 11 is 5.53. The van der Waals surface area contributed by atoms with Crippen molar-refractivity contribution in [3.63, 3.8) is 0 Å². The van der Waals surface area contributed by atoms with E-state index in [-0.39, 0.29) is 12.4 Å². The van der Waals surface area contributed by atoms with Gasteiger partial charge in [0.1, 0.15) is 0 Å². The van der Waals surface area contributed by atoms with Crippen molar-refractivity contribution in [1.82, 2.24) is 0 Å². The predicted octanol–water partition coefficient (Wildman–Crippen LogP) is 1.92. The molecule has 0 heterocycles. The summed E-state index contributed by atoms with van der Waals surface area (Å²) in [4.78, 5) is 0. The third kappa shape index (κ3) is 4.64. The Bertz CT molecular complexity index is 92.5. The molecular formula is C6H16Cl2O3Si. The van der Waals surface area contributed by atoms with Crippen LogP contribution in [0.4, 0.5) is 0 Å². The lowest BCUT2D eigenvalue weighted by Crippen LogP contribution is -2.42. The molecule has 0 aliphatic rings. The van der Waals surface area contributed by atoms with Crippen LogP contribution in [0.1, 0.15) is 6.42 Å². The smallest absolute Gasteiger partial charge is 0.377 e. The number of alkyl halides is 1. The van der Waals surface area contributed by atoms with E-state index in [0.717, 1.165) is 12.5 Å². The Morgan fingerprint density at radius 1 is 1.08 bits per heavy atom. The van der Waals surface area contributed by atoms with Crippen LogP contribution in [0.25, 0.3) is 0 Å². The van der Waals surface area contributed by atoms with Crippen molar-refractivity contribution >= 4 is 32.8 Å². The van der Waals surface area contributed by atoms with Crippen LogP contribution in [0.2, 0.25) is 6.04 Å². The number of rotatable bonds is 6. The average molecular weight is 235 g/mol. The van der Waals surface area contributed by atoms with Gasteiger partial charge in [-0.25, -0.2) is 0 Å². The highest BCUT2D eigenvalue weighted by molar-refractivity contribution is 6.60. The summed E-state index contributed by atoms with van der Waals surface area (Å²) < 4.78 is 15.5. The van der Waals surface area contributed by atoms with Gasteiger partial charge in [-0.1, -0.05) is 0 Å². The van der Waals surface area contributed by atoms with Crippen LogP contribution in [0.3, 0.4) is 0 Å². The molecule has 12 heavy (non-hydrogen) atoms. The molecule has 0 spiro atoms. The molecule has 0 saturated heterocycles. The minimum Gasteiger partial charge on any atom is -0.377 e. The molecule has 0 N–H and O–H groups in total. The summed E-state index contributed by atoms with van der Waals surface area (Å²) in [5.74, 6) is 0.616. The lowest BCUT2D eigenvalue weighted by molar-refractivity contribution is 0.123. The summed E-state index contributed by atoms with van der Waals surface area (Å²) in [5.41, 5.74) is 0. The summed E-state index contributed by atoms with van der Waals surface area (Å²) in [6.07, 6.45) is 0.864. The topological polar surface area (TPSA) is 27.7 Å². The van der Waals surface area contributed by atoms with Gasteiger partial charge in [-0.2, -0.15) is 0 Å². The Kier molecular flexibility index (Phi) is 10.5. The molecule has 0 aliphatic heterocycles. The fourth-order valence-electron chi connectivity index (χ4n) is 0.840. The van der Waals surface area contributed by atoms with Gasteiger partial charge in [0.2, 0.25) is 0 Å². The van der Waals surface area contributed by atoms with Gasteiger partial charge in [-0.15, -0.1) is 24.0 Å². The van der Waals surface area contributed by atoms with Crippen molar-refractivity contribution < 1.29 is 13.3 Å². The van der Waals surface area contributed by atoms with Gasteiger partial charge >= 0.3 is 8.80 Å². The predicted molar refractivity (Wildman–Crippen MR) is 54.2 cm³/mol. The molecule has 0 atom stereocenters. The van der Waals surface area contributed by atoms with Gasteiger partial charge in [0, 0.05) is 33.3 Å². The Balaban J connectivity index is 0. The van der Waals surface area contributed by atoms with E-state index < -0.39 is 8.80 Å². The lowest BCUT2D eigenvalue weighted by atomic mass is 10.6. The second-order valence-electron chi connectivity index (χ2n) is 2.09. The molecule has 0 rings (SSSR count). The molecule has 0 bridgehead atoms. The van der Waals surface area contributed by atoms with Crippen LogP contribution in [0.5, 0.6) is 0 Å². The third-order valence-corrected chi connectivity index (χ3v) is 4.65. The van der Waals surface area contributed by atoms with E-state index in [2.05, 4.69) is 0 Å². The van der Waals surface area contributed by atoms with E-state index in [9.17, 15) is 0 Å². The van der Waals surface area contributed by atoms with Crippen molar-refractivity contribution in [2.24, 2.45) is 0 Å². The maximum atomic E-state index is 5.53. The Morgan fingerprint density at radius 2 is 1.50 bits per heavy atom. The summed E-state index contributed by atoms with van der Waals surface area (Å²) in [7, 11) is 2.49. The zero-order valence-electron chi connectivity index (χ0n) is 7.63. The van der Waals surface area contributed by atoms with Crippen LogP contribution in [0.15, 0.2) is 0 Å². The monoisotopic (exact) mass is 234 g/mol. The first-order valence-electron chi connectivity index (χ1n) is 3.46. The minimum absolute atomic E-state index is 0. The van der Waals surface area contributed by atoms with Crippen LogP contribution in [0, 0.1) is 0 Å². The van der Waals surface area contributed by atoms with E-state index in [1.165, 1.54) is 0 Å². The molecular weight excluding hydrogens is 219 g/mol. The van der Waals surface area contributed by atoms with E-state index in [4.69, 9.17) is 24.9 Å². The SMILES string of the molecule is CO[Si](CCCCl)(OC)OC.Cl. The molecule has 0 aromatic heterocycles. The first kappa shape index (κ1) is 15.2. The lowest BCUT2D eigenvalue weighted by Gasteiger charge is -2.23. The van der Waals surface area contributed by atoms with Crippen molar-refractivity contribution in [2.75, 3.05) is 27.2 Å². The normalized spacial score (nSPS) is 11.0. The van der Waals surface area contributed by atoms with Crippen LogP contribution >= 0.6 is 24.0 Å². The maximum Gasteiger partial charge on any atom is 0.500 e. The standard InChI is InChI=1S/C6H15ClO3Si.ClH/c1-8-11(9-2,10-3)6-4-5-7;/h4-6H2,1-3H3;1H. The molecule has 0 amide bonds. The first-order chi connectivity index (χ1) is 5.24. The molecule has 6 heteroatoms. The average Bonchev–Trinajstić information content (AvgIpc) is 2.08. The fourth-order valence-corrected chi connectivity index (χ4v) is 2.92. The van der Waals surface area contributed by atoms with Crippen LogP contribution < -0.4 is 0 Å². The van der Waals surface area contributed by atoms with Gasteiger partial charge < -0.3 is 13.3 Å². The van der Waals surface area contributed by atoms with E-state index in [1.807, 2.05) is 0 Å². The highest BCUT2D eigenvalue weighted by Crippen LogP contribution is 2.14. The van der Waals surface area contributed by atoms with Crippen molar-refractivity contribution in [3.05, 3.63) is 0 Å². The summed E-state index contributed by atoms with van der Waals surface area (Å²) in [5, 5.41) is 0. The molecule has 0 aliphatic carbocycles. The molecule has 0 saturated carbocycles. The van der Waals surface area contributed by atoms with Gasteiger partial charge in [0.05, 0.1) is 0 Å². The minimum atomic E-state index is -2.32. The molecule has 0 radical (unpaired) electrons. The van der Waals surface area contributed by atoms with Crippen molar-refractivity contribution in [2.45, 2.75) is 12.5 Å². The number of hydrogen-bond donors (Lipinski definition) is 0. The zero-order valence-corrected chi connectivity index (χ0v) is 10.2. The molecule has 0 aromatic carbocycles. The highest BCUT2D eigenvalue weighted by Gasteiger charge is 2.36. The summed E-state index contributed by atoms with van der Waals surface area (Å²) in [6.45, 7) is 0. The third-order valence-electron chi connectivity index (χ3n) is 1.55. The number of hydrogen-bond acceptors (Lipinski definition) is 3. The Hall–Kier alpha value is 0.677. The second-order valence-corrected chi connectivity index (χ2v) is 5.56. The second kappa shape index (κ2) is 8.28. The molecule has 3 nitrogen and oxygen atoms in total. The molecule has 0 unspecified atom stereocenters. The Labute approximate surface area is 86.1 Å². The fraction of sp³-hybridized carbons (Fsp3) is 1.00. The van der Waals surface area contributed by atoms with E-state index in [1.54, 1.807) is 21.3 Å². The van der Waals surface area contributed by atoms with Crippen LogP contribution in [-0.4, -0.2) is 36.0 Å². The maximum absolute atomic E-state index is 5.53. The van der Waals surface area contributed by atoms with Crippen molar-refractivity contribution in [1.29, 1.82) is 0 Å².